The van der Waals surface area contributed by atoms with Crippen LogP contribution in [-0.4, -0.2) is 22.2 Å². The number of aromatic nitrogens is 1. The van der Waals surface area contributed by atoms with Gasteiger partial charge in [-0.05, 0) is 35.3 Å². The molecule has 0 spiro atoms. The molecule has 0 aliphatic rings. The third kappa shape index (κ3) is 3.65. The predicted molar refractivity (Wildman–Crippen MR) is 95.7 cm³/mol. The zero-order chi connectivity index (χ0) is 14.7. The molecular formula is C16H16BBrN2O2. The van der Waals surface area contributed by atoms with E-state index in [4.69, 9.17) is 0 Å². The normalized spacial score (nSPS) is 10.1. The van der Waals surface area contributed by atoms with Crippen molar-refractivity contribution in [3.63, 3.8) is 0 Å². The van der Waals surface area contributed by atoms with E-state index < -0.39 is 7.12 Å². The minimum atomic E-state index is -1.45. The van der Waals surface area contributed by atoms with Gasteiger partial charge in [-0.2, -0.15) is 0 Å². The highest BCUT2D eigenvalue weighted by Gasteiger charge is 2.14. The Bertz CT molecular complexity index is 768. The van der Waals surface area contributed by atoms with Gasteiger partial charge in [0.05, 0.1) is 5.52 Å². The quantitative estimate of drug-likeness (QED) is 0.625. The fraction of sp³-hybridized carbons (Fsp3) is 0.0625. The Morgan fingerprint density at radius 3 is 2.64 bits per heavy atom. The number of fused-ring (bicyclic) bond motifs is 1. The minimum Gasteiger partial charge on any atom is -0.423 e. The van der Waals surface area contributed by atoms with Crippen molar-refractivity contribution in [2.75, 3.05) is 5.32 Å². The van der Waals surface area contributed by atoms with Gasteiger partial charge in [0, 0.05) is 23.8 Å². The molecule has 0 atom stereocenters. The molecule has 0 saturated heterocycles. The number of rotatable bonds is 4. The number of nitrogens with one attached hydrogen (secondary N) is 1. The number of hydrogen-bond donors (Lipinski definition) is 3. The summed E-state index contributed by atoms with van der Waals surface area (Å²) in [5.74, 6) is 0. The van der Waals surface area contributed by atoms with Crippen molar-refractivity contribution < 1.29 is 10.0 Å². The summed E-state index contributed by atoms with van der Waals surface area (Å²) in [4.78, 5) is 4.28. The van der Waals surface area contributed by atoms with Crippen LogP contribution in [0, 0.1) is 0 Å². The molecule has 22 heavy (non-hydrogen) atoms. The average Bonchev–Trinajstić information content (AvgIpc) is 2.53. The third-order valence-corrected chi connectivity index (χ3v) is 3.42. The van der Waals surface area contributed by atoms with E-state index in [9.17, 15) is 10.0 Å². The van der Waals surface area contributed by atoms with Crippen molar-refractivity contribution in [1.29, 1.82) is 0 Å². The van der Waals surface area contributed by atoms with Crippen LogP contribution in [0.15, 0.2) is 60.8 Å². The first-order chi connectivity index (χ1) is 10.2. The monoisotopic (exact) mass is 358 g/mol. The summed E-state index contributed by atoms with van der Waals surface area (Å²) >= 11 is 0. The summed E-state index contributed by atoms with van der Waals surface area (Å²) in [6, 6.07) is 17.1. The largest absolute Gasteiger partial charge is 0.488 e. The van der Waals surface area contributed by atoms with Gasteiger partial charge < -0.3 is 15.4 Å². The molecule has 3 N–H and O–H groups in total. The van der Waals surface area contributed by atoms with E-state index in [1.54, 1.807) is 18.3 Å². The lowest BCUT2D eigenvalue weighted by Gasteiger charge is -2.11. The fourth-order valence-corrected chi connectivity index (χ4v) is 2.33. The first-order valence-corrected chi connectivity index (χ1v) is 6.76. The Morgan fingerprint density at radius 1 is 1.00 bits per heavy atom. The minimum absolute atomic E-state index is 0. The number of halogens is 1. The molecule has 0 fully saturated rings. The van der Waals surface area contributed by atoms with Gasteiger partial charge in [0.1, 0.15) is 0 Å². The van der Waals surface area contributed by atoms with Crippen molar-refractivity contribution in [3.8, 4) is 0 Å². The Morgan fingerprint density at radius 2 is 1.82 bits per heavy atom. The van der Waals surface area contributed by atoms with Crippen LogP contribution in [0.25, 0.3) is 10.9 Å². The molecule has 0 radical (unpaired) electrons. The van der Waals surface area contributed by atoms with Crippen LogP contribution < -0.4 is 10.8 Å². The number of nitrogens with zero attached hydrogens (tertiary/aromatic N) is 1. The van der Waals surface area contributed by atoms with Crippen LogP contribution in [0.4, 0.5) is 5.69 Å². The molecule has 0 aliphatic heterocycles. The second-order valence-electron chi connectivity index (χ2n) is 4.84. The van der Waals surface area contributed by atoms with Crippen molar-refractivity contribution >= 4 is 46.2 Å². The highest BCUT2D eigenvalue weighted by molar-refractivity contribution is 8.93. The van der Waals surface area contributed by atoms with E-state index in [0.717, 1.165) is 22.2 Å². The van der Waals surface area contributed by atoms with Gasteiger partial charge in [-0.3, -0.25) is 4.98 Å². The molecule has 3 aromatic rings. The van der Waals surface area contributed by atoms with Crippen LogP contribution in [0.3, 0.4) is 0 Å². The second kappa shape index (κ2) is 7.40. The summed E-state index contributed by atoms with van der Waals surface area (Å²) in [5, 5.41) is 23.1. The van der Waals surface area contributed by atoms with Gasteiger partial charge in [-0.1, -0.05) is 30.3 Å². The summed E-state index contributed by atoms with van der Waals surface area (Å²) < 4.78 is 0. The van der Waals surface area contributed by atoms with E-state index in [0.29, 0.717) is 12.0 Å². The molecule has 0 saturated carbocycles. The molecule has 6 heteroatoms. The molecule has 0 amide bonds. The van der Waals surface area contributed by atoms with Gasteiger partial charge in [-0.15, -0.1) is 17.0 Å². The third-order valence-electron chi connectivity index (χ3n) is 3.42. The molecule has 0 aliphatic carbocycles. The van der Waals surface area contributed by atoms with Gasteiger partial charge in [-0.25, -0.2) is 0 Å². The Labute approximate surface area is 139 Å². The number of anilines is 1. The summed E-state index contributed by atoms with van der Waals surface area (Å²) in [6.45, 7) is 0.527. The van der Waals surface area contributed by atoms with Crippen molar-refractivity contribution in [2.24, 2.45) is 0 Å². The lowest BCUT2D eigenvalue weighted by molar-refractivity contribution is 0.425. The zero-order valence-corrected chi connectivity index (χ0v) is 13.5. The Balaban J connectivity index is 0.00000176. The average molecular weight is 359 g/mol. The first kappa shape index (κ1) is 16.5. The topological polar surface area (TPSA) is 65.4 Å². The molecule has 4 nitrogen and oxygen atoms in total. The molecule has 112 valence electrons. The molecular weight excluding hydrogens is 343 g/mol. The summed E-state index contributed by atoms with van der Waals surface area (Å²) in [5.41, 5.74) is 3.30. The summed E-state index contributed by atoms with van der Waals surface area (Å²) in [7, 11) is -1.45. The van der Waals surface area contributed by atoms with Crippen LogP contribution in [-0.2, 0) is 6.54 Å². The fourth-order valence-electron chi connectivity index (χ4n) is 2.33. The van der Waals surface area contributed by atoms with E-state index >= 15 is 0 Å². The van der Waals surface area contributed by atoms with Crippen molar-refractivity contribution in [3.05, 3.63) is 66.4 Å². The van der Waals surface area contributed by atoms with Gasteiger partial charge >= 0.3 is 7.12 Å². The maximum Gasteiger partial charge on any atom is 0.488 e. The zero-order valence-electron chi connectivity index (χ0n) is 11.8. The van der Waals surface area contributed by atoms with Crippen molar-refractivity contribution in [1.82, 2.24) is 4.98 Å². The second-order valence-corrected chi connectivity index (χ2v) is 4.84. The van der Waals surface area contributed by atoms with E-state index in [1.807, 2.05) is 42.5 Å². The van der Waals surface area contributed by atoms with Crippen LogP contribution >= 0.6 is 17.0 Å². The molecule has 1 aromatic heterocycles. The molecule has 0 unspecified atom stereocenters. The standard InChI is InChI=1S/C16H15BN2O2.BrH/c20-17(21)15-6-2-1-4-13(15)11-19-14-7-8-16-12(10-14)5-3-9-18-16;/h1-10,19-21H,11H2;1H. The SMILES string of the molecule is Br.OB(O)c1ccccc1CNc1ccc2ncccc2c1. The molecule has 1 heterocycles. The summed E-state index contributed by atoms with van der Waals surface area (Å²) in [6.07, 6.45) is 1.77. The Kier molecular flexibility index (Phi) is 5.54. The lowest BCUT2D eigenvalue weighted by atomic mass is 9.77. The van der Waals surface area contributed by atoms with Crippen molar-refractivity contribution in [2.45, 2.75) is 6.54 Å². The highest BCUT2D eigenvalue weighted by atomic mass is 79.9. The molecule has 0 bridgehead atoms. The molecule has 2 aromatic carbocycles. The van der Waals surface area contributed by atoms with Gasteiger partial charge in [0.25, 0.3) is 0 Å². The Hall–Kier alpha value is -1.89. The number of pyridine rings is 1. The number of benzene rings is 2. The first-order valence-electron chi connectivity index (χ1n) is 6.76. The van der Waals surface area contributed by atoms with Gasteiger partial charge in [0.15, 0.2) is 0 Å². The highest BCUT2D eigenvalue weighted by Crippen LogP contribution is 2.17. The molecule has 3 rings (SSSR count). The van der Waals surface area contributed by atoms with Gasteiger partial charge in [0.2, 0.25) is 0 Å². The van der Waals surface area contributed by atoms with Crippen LogP contribution in [0.2, 0.25) is 0 Å². The lowest BCUT2D eigenvalue weighted by Crippen LogP contribution is -2.33. The van der Waals surface area contributed by atoms with E-state index in [2.05, 4.69) is 10.3 Å². The van der Waals surface area contributed by atoms with E-state index in [-0.39, 0.29) is 17.0 Å². The van der Waals surface area contributed by atoms with E-state index in [1.165, 1.54) is 0 Å². The smallest absolute Gasteiger partial charge is 0.423 e. The maximum absolute atomic E-state index is 9.36. The number of hydrogen-bond acceptors (Lipinski definition) is 4. The van der Waals surface area contributed by atoms with Crippen LogP contribution in [0.5, 0.6) is 0 Å². The van der Waals surface area contributed by atoms with Crippen LogP contribution in [0.1, 0.15) is 5.56 Å². The predicted octanol–water partition coefficient (Wildman–Crippen LogP) is 2.10. The maximum atomic E-state index is 9.36.